The molecule has 4 rings (SSSR count). The Morgan fingerprint density at radius 3 is 2.00 bits per heavy atom. The molecule has 0 atom stereocenters. The molecule has 3 aromatic rings. The van der Waals surface area contributed by atoms with Crippen molar-refractivity contribution in [3.63, 3.8) is 0 Å². The van der Waals surface area contributed by atoms with Crippen molar-refractivity contribution in [1.29, 1.82) is 0 Å². The summed E-state index contributed by atoms with van der Waals surface area (Å²) < 4.78 is 7.20. The van der Waals surface area contributed by atoms with Gasteiger partial charge in [-0.05, 0) is 29.3 Å². The molecule has 0 aromatic heterocycles. The second-order valence-electron chi connectivity index (χ2n) is 5.25. The molecule has 0 saturated carbocycles. The second-order valence-corrected chi connectivity index (χ2v) is 6.57. The summed E-state index contributed by atoms with van der Waals surface area (Å²) in [4.78, 5) is 0. The zero-order valence-electron chi connectivity index (χ0n) is 11.6. The van der Waals surface area contributed by atoms with Gasteiger partial charge >= 0.3 is 0 Å². The maximum Gasteiger partial charge on any atom is 0.150 e. The van der Waals surface area contributed by atoms with Gasteiger partial charge < -0.3 is 4.74 Å². The van der Waals surface area contributed by atoms with Crippen LogP contribution in [0.2, 0.25) is 5.02 Å². The molecule has 0 amide bonds. The Labute approximate surface area is 142 Å². The molecule has 108 valence electrons. The van der Waals surface area contributed by atoms with Crippen molar-refractivity contribution in [2.24, 2.45) is 0 Å². The average molecular weight is 372 g/mol. The van der Waals surface area contributed by atoms with Crippen LogP contribution in [0.15, 0.2) is 71.2 Å². The van der Waals surface area contributed by atoms with Crippen molar-refractivity contribution in [2.75, 3.05) is 0 Å². The SMILES string of the molecule is Clc1cc(Br)ccc1OC1c2ccccc2-c2ccccc21. The summed E-state index contributed by atoms with van der Waals surface area (Å²) in [5.74, 6) is 0.696. The molecular weight excluding hydrogens is 360 g/mol. The van der Waals surface area contributed by atoms with E-state index in [4.69, 9.17) is 16.3 Å². The molecule has 3 aromatic carbocycles. The van der Waals surface area contributed by atoms with E-state index < -0.39 is 0 Å². The van der Waals surface area contributed by atoms with Crippen LogP contribution in [0.3, 0.4) is 0 Å². The van der Waals surface area contributed by atoms with Crippen molar-refractivity contribution in [3.8, 4) is 16.9 Å². The molecule has 22 heavy (non-hydrogen) atoms. The number of ether oxygens (including phenoxy) is 1. The topological polar surface area (TPSA) is 9.23 Å². The van der Waals surface area contributed by atoms with Gasteiger partial charge in [0.2, 0.25) is 0 Å². The number of benzene rings is 3. The van der Waals surface area contributed by atoms with Gasteiger partial charge in [0.15, 0.2) is 6.10 Å². The lowest BCUT2D eigenvalue weighted by molar-refractivity contribution is 0.252. The molecule has 1 nitrogen and oxygen atoms in total. The predicted molar refractivity (Wildman–Crippen MR) is 93.5 cm³/mol. The summed E-state index contributed by atoms with van der Waals surface area (Å²) in [6.07, 6.45) is -0.119. The Morgan fingerprint density at radius 2 is 1.41 bits per heavy atom. The zero-order valence-corrected chi connectivity index (χ0v) is 13.9. The van der Waals surface area contributed by atoms with Crippen LogP contribution in [0, 0.1) is 0 Å². The maximum absolute atomic E-state index is 6.31. The monoisotopic (exact) mass is 370 g/mol. The first-order chi connectivity index (χ1) is 10.7. The molecule has 0 aliphatic heterocycles. The Hall–Kier alpha value is -1.77. The molecule has 0 heterocycles. The molecule has 3 heteroatoms. The molecule has 0 radical (unpaired) electrons. The highest BCUT2D eigenvalue weighted by Crippen LogP contribution is 2.46. The highest BCUT2D eigenvalue weighted by molar-refractivity contribution is 9.10. The minimum Gasteiger partial charge on any atom is -0.479 e. The number of rotatable bonds is 2. The van der Waals surface area contributed by atoms with Crippen LogP contribution in [0.5, 0.6) is 5.75 Å². The van der Waals surface area contributed by atoms with Crippen molar-refractivity contribution < 1.29 is 4.74 Å². The van der Waals surface area contributed by atoms with Crippen LogP contribution in [-0.2, 0) is 0 Å². The Kier molecular flexibility index (Phi) is 3.44. The zero-order chi connectivity index (χ0) is 15.1. The fourth-order valence-electron chi connectivity index (χ4n) is 2.93. The molecule has 0 unspecified atom stereocenters. The van der Waals surface area contributed by atoms with Gasteiger partial charge in [-0.3, -0.25) is 0 Å². The van der Waals surface area contributed by atoms with E-state index in [-0.39, 0.29) is 6.10 Å². The maximum atomic E-state index is 6.31. The van der Waals surface area contributed by atoms with E-state index in [1.807, 2.05) is 30.3 Å². The van der Waals surface area contributed by atoms with Crippen LogP contribution < -0.4 is 4.74 Å². The minimum atomic E-state index is -0.119. The third-order valence-corrected chi connectivity index (χ3v) is 4.70. The molecule has 0 N–H and O–H groups in total. The standard InChI is InChI=1S/C19H12BrClO/c20-12-9-10-18(17(21)11-12)22-19-15-7-3-1-5-13(15)14-6-2-4-8-16(14)19/h1-11,19H. The molecule has 0 saturated heterocycles. The van der Waals surface area contributed by atoms with E-state index >= 15 is 0 Å². The first-order valence-corrected chi connectivity index (χ1v) is 8.21. The van der Waals surface area contributed by atoms with Crippen LogP contribution in [0.1, 0.15) is 17.2 Å². The van der Waals surface area contributed by atoms with Gasteiger partial charge in [0.05, 0.1) is 5.02 Å². The van der Waals surface area contributed by atoms with Crippen molar-refractivity contribution in [2.45, 2.75) is 6.10 Å². The molecule has 0 fully saturated rings. The van der Waals surface area contributed by atoms with E-state index in [1.165, 1.54) is 22.3 Å². The summed E-state index contributed by atoms with van der Waals surface area (Å²) in [6, 6.07) is 22.4. The van der Waals surface area contributed by atoms with Gasteiger partial charge in [-0.25, -0.2) is 0 Å². The van der Waals surface area contributed by atoms with Crippen LogP contribution in [0.4, 0.5) is 0 Å². The Bertz CT molecular complexity index is 814. The van der Waals surface area contributed by atoms with Crippen molar-refractivity contribution in [1.82, 2.24) is 0 Å². The van der Waals surface area contributed by atoms with E-state index in [2.05, 4.69) is 52.3 Å². The van der Waals surface area contributed by atoms with E-state index in [1.54, 1.807) is 0 Å². The predicted octanol–water partition coefficient (Wildman–Crippen LogP) is 6.25. The average Bonchev–Trinajstić information content (AvgIpc) is 2.85. The lowest BCUT2D eigenvalue weighted by atomic mass is 10.1. The molecule has 0 bridgehead atoms. The summed E-state index contributed by atoms with van der Waals surface area (Å²) in [7, 11) is 0. The number of hydrogen-bond acceptors (Lipinski definition) is 1. The summed E-state index contributed by atoms with van der Waals surface area (Å²) in [5, 5.41) is 0.608. The van der Waals surface area contributed by atoms with E-state index in [0.29, 0.717) is 10.8 Å². The van der Waals surface area contributed by atoms with Crippen molar-refractivity contribution in [3.05, 3.63) is 87.4 Å². The fourth-order valence-corrected chi connectivity index (χ4v) is 3.65. The van der Waals surface area contributed by atoms with Gasteiger partial charge in [-0.15, -0.1) is 0 Å². The number of hydrogen-bond donors (Lipinski definition) is 0. The third kappa shape index (κ3) is 2.23. The first-order valence-electron chi connectivity index (χ1n) is 7.04. The Balaban J connectivity index is 1.81. The van der Waals surface area contributed by atoms with E-state index in [9.17, 15) is 0 Å². The van der Waals surface area contributed by atoms with Gasteiger partial charge in [-0.2, -0.15) is 0 Å². The lowest BCUT2D eigenvalue weighted by Gasteiger charge is -2.17. The van der Waals surface area contributed by atoms with Crippen LogP contribution in [0.25, 0.3) is 11.1 Å². The molecule has 0 spiro atoms. The Morgan fingerprint density at radius 1 is 0.818 bits per heavy atom. The summed E-state index contributed by atoms with van der Waals surface area (Å²) in [6.45, 7) is 0. The fraction of sp³-hybridized carbons (Fsp3) is 0.0526. The van der Waals surface area contributed by atoms with Gasteiger partial charge in [0, 0.05) is 15.6 Å². The van der Waals surface area contributed by atoms with Gasteiger partial charge in [0.25, 0.3) is 0 Å². The minimum absolute atomic E-state index is 0.119. The van der Waals surface area contributed by atoms with Crippen LogP contribution in [-0.4, -0.2) is 0 Å². The van der Waals surface area contributed by atoms with Gasteiger partial charge in [0.1, 0.15) is 5.75 Å². The normalized spacial score (nSPS) is 12.8. The lowest BCUT2D eigenvalue weighted by Crippen LogP contribution is -2.06. The molecular formula is C19H12BrClO. The number of halogens is 2. The third-order valence-electron chi connectivity index (χ3n) is 3.92. The summed E-state index contributed by atoms with van der Waals surface area (Å²) >= 11 is 9.73. The highest BCUT2D eigenvalue weighted by atomic mass is 79.9. The largest absolute Gasteiger partial charge is 0.479 e. The van der Waals surface area contributed by atoms with Crippen LogP contribution >= 0.6 is 27.5 Å². The molecule has 1 aliphatic carbocycles. The first kappa shape index (κ1) is 13.9. The smallest absolute Gasteiger partial charge is 0.150 e. The highest BCUT2D eigenvalue weighted by Gasteiger charge is 2.29. The van der Waals surface area contributed by atoms with E-state index in [0.717, 1.165) is 4.47 Å². The van der Waals surface area contributed by atoms with Gasteiger partial charge in [-0.1, -0.05) is 76.1 Å². The quantitative estimate of drug-likeness (QED) is 0.517. The second kappa shape index (κ2) is 5.45. The number of fused-ring (bicyclic) bond motifs is 3. The summed E-state index contributed by atoms with van der Waals surface area (Å²) in [5.41, 5.74) is 4.83. The molecule has 1 aliphatic rings. The van der Waals surface area contributed by atoms with Crippen molar-refractivity contribution >= 4 is 27.5 Å².